The Morgan fingerprint density at radius 1 is 0.739 bits per heavy atom. The van der Waals surface area contributed by atoms with Crippen LogP contribution < -0.4 is 0 Å². The molecule has 0 bridgehead atoms. The highest BCUT2D eigenvalue weighted by Crippen LogP contribution is 2.47. The fourth-order valence-electron chi connectivity index (χ4n) is 2.88. The summed E-state index contributed by atoms with van der Waals surface area (Å²) in [5, 5.41) is 19.3. The fraction of sp³-hybridized carbons (Fsp3) is 0.0526. The molecule has 4 heteroatoms. The van der Waals surface area contributed by atoms with Gasteiger partial charge in [-0.25, -0.2) is 0 Å². The van der Waals surface area contributed by atoms with Crippen molar-refractivity contribution in [1.82, 2.24) is 0 Å². The quantitative estimate of drug-likeness (QED) is 0.850. The second-order valence-corrected chi connectivity index (χ2v) is 5.27. The van der Waals surface area contributed by atoms with Crippen LogP contribution in [0.3, 0.4) is 0 Å². The third-order valence-corrected chi connectivity index (χ3v) is 3.99. The maximum Gasteiger partial charge on any atom is 0.329 e. The van der Waals surface area contributed by atoms with Crippen molar-refractivity contribution in [3.05, 3.63) is 83.9 Å². The molecule has 0 unspecified atom stereocenters. The number of rotatable bonds is 4. The third kappa shape index (κ3) is 2.25. The minimum atomic E-state index is -2.08. The van der Waals surface area contributed by atoms with Crippen LogP contribution in [0.25, 0.3) is 11.1 Å². The number of carboxylic acids is 2. The minimum absolute atomic E-state index is 0.282. The first-order valence-corrected chi connectivity index (χ1v) is 7.09. The lowest BCUT2D eigenvalue weighted by Gasteiger charge is -2.23. The van der Waals surface area contributed by atoms with E-state index in [1.165, 1.54) is 6.08 Å². The summed E-state index contributed by atoms with van der Waals surface area (Å²) in [7, 11) is 0. The van der Waals surface area contributed by atoms with Crippen LogP contribution in [0.2, 0.25) is 0 Å². The van der Waals surface area contributed by atoms with Crippen molar-refractivity contribution in [3.63, 3.8) is 0 Å². The van der Waals surface area contributed by atoms with Crippen LogP contribution in [0.5, 0.6) is 0 Å². The van der Waals surface area contributed by atoms with E-state index in [1.807, 2.05) is 30.3 Å². The first-order chi connectivity index (χ1) is 11.1. The SMILES string of the molecule is O=C(O)C1(C(=O)O)C=CC(c2ccccc2)=C1c1ccccc1. The summed E-state index contributed by atoms with van der Waals surface area (Å²) in [5.41, 5.74) is 0.186. The second kappa shape index (κ2) is 5.57. The molecule has 0 heterocycles. The molecule has 23 heavy (non-hydrogen) atoms. The highest BCUT2D eigenvalue weighted by molar-refractivity contribution is 6.21. The predicted octanol–water partition coefficient (Wildman–Crippen LogP) is 3.32. The predicted molar refractivity (Wildman–Crippen MR) is 86.5 cm³/mol. The molecule has 0 spiro atoms. The van der Waals surface area contributed by atoms with Crippen LogP contribution in [-0.2, 0) is 9.59 Å². The Bertz CT molecular complexity index is 803. The first-order valence-electron chi connectivity index (χ1n) is 7.09. The van der Waals surface area contributed by atoms with Crippen molar-refractivity contribution in [2.45, 2.75) is 0 Å². The molecule has 114 valence electrons. The van der Waals surface area contributed by atoms with E-state index in [4.69, 9.17) is 0 Å². The summed E-state index contributed by atoms with van der Waals surface area (Å²) < 4.78 is 0. The zero-order valence-corrected chi connectivity index (χ0v) is 12.1. The molecule has 4 nitrogen and oxygen atoms in total. The molecule has 0 radical (unpaired) electrons. The molecule has 0 saturated heterocycles. The summed E-state index contributed by atoms with van der Waals surface area (Å²) in [5.74, 6) is -2.79. The average Bonchev–Trinajstić information content (AvgIpc) is 2.98. The van der Waals surface area contributed by atoms with E-state index in [2.05, 4.69) is 0 Å². The van der Waals surface area contributed by atoms with Crippen molar-refractivity contribution >= 4 is 23.1 Å². The van der Waals surface area contributed by atoms with Gasteiger partial charge in [0.15, 0.2) is 0 Å². The minimum Gasteiger partial charge on any atom is -0.480 e. The molecule has 2 N–H and O–H groups in total. The van der Waals surface area contributed by atoms with Gasteiger partial charge >= 0.3 is 11.9 Å². The Morgan fingerprint density at radius 2 is 1.22 bits per heavy atom. The zero-order chi connectivity index (χ0) is 16.4. The van der Waals surface area contributed by atoms with Gasteiger partial charge in [0.1, 0.15) is 0 Å². The highest BCUT2D eigenvalue weighted by atomic mass is 16.4. The van der Waals surface area contributed by atoms with E-state index in [0.717, 1.165) is 5.56 Å². The van der Waals surface area contributed by atoms with Gasteiger partial charge in [0.2, 0.25) is 5.41 Å². The number of hydrogen-bond donors (Lipinski definition) is 2. The van der Waals surface area contributed by atoms with Crippen molar-refractivity contribution in [2.24, 2.45) is 5.41 Å². The van der Waals surface area contributed by atoms with Crippen LogP contribution in [-0.4, -0.2) is 22.2 Å². The van der Waals surface area contributed by atoms with Gasteiger partial charge in [-0.3, -0.25) is 9.59 Å². The summed E-state index contributed by atoms with van der Waals surface area (Å²) in [6.45, 7) is 0. The average molecular weight is 306 g/mol. The molecule has 0 saturated carbocycles. The van der Waals surface area contributed by atoms with E-state index in [-0.39, 0.29) is 5.57 Å². The molecule has 1 aliphatic carbocycles. The van der Waals surface area contributed by atoms with Crippen LogP contribution in [0, 0.1) is 5.41 Å². The molecule has 2 aromatic rings. The van der Waals surface area contributed by atoms with Crippen LogP contribution in [0.4, 0.5) is 0 Å². The van der Waals surface area contributed by atoms with Gasteiger partial charge < -0.3 is 10.2 Å². The van der Waals surface area contributed by atoms with E-state index < -0.39 is 17.4 Å². The lowest BCUT2D eigenvalue weighted by molar-refractivity contribution is -0.156. The Morgan fingerprint density at radius 3 is 1.70 bits per heavy atom. The molecule has 3 rings (SSSR count). The van der Waals surface area contributed by atoms with E-state index in [9.17, 15) is 19.8 Å². The summed E-state index contributed by atoms with van der Waals surface area (Å²) in [6, 6.07) is 18.0. The van der Waals surface area contributed by atoms with Gasteiger partial charge in [-0.05, 0) is 22.3 Å². The van der Waals surface area contributed by atoms with Gasteiger partial charge in [0.05, 0.1) is 0 Å². The lowest BCUT2D eigenvalue weighted by atomic mass is 9.77. The molecular weight excluding hydrogens is 292 g/mol. The summed E-state index contributed by atoms with van der Waals surface area (Å²) in [4.78, 5) is 23.7. The molecule has 1 aliphatic rings. The molecule has 0 aliphatic heterocycles. The summed E-state index contributed by atoms with van der Waals surface area (Å²) in [6.07, 6.45) is 2.84. The van der Waals surface area contributed by atoms with Crippen LogP contribution in [0.15, 0.2) is 72.8 Å². The van der Waals surface area contributed by atoms with Gasteiger partial charge in [-0.2, -0.15) is 0 Å². The fourth-order valence-corrected chi connectivity index (χ4v) is 2.88. The zero-order valence-electron chi connectivity index (χ0n) is 12.1. The van der Waals surface area contributed by atoms with Gasteiger partial charge in [0.25, 0.3) is 0 Å². The molecule has 2 aromatic carbocycles. The Kier molecular flexibility index (Phi) is 3.58. The van der Waals surface area contributed by atoms with Crippen molar-refractivity contribution in [1.29, 1.82) is 0 Å². The van der Waals surface area contributed by atoms with E-state index in [1.54, 1.807) is 36.4 Å². The molecule has 0 atom stereocenters. The molecular formula is C19H14O4. The standard InChI is InChI=1S/C19H14O4/c20-17(21)19(18(22)23)12-11-15(13-7-3-1-4-8-13)16(19)14-9-5-2-6-10-14/h1-12H,(H,20,21)(H,22,23). The Labute approximate surface area is 133 Å². The number of allylic oxidation sites excluding steroid dienone is 2. The molecule has 0 fully saturated rings. The lowest BCUT2D eigenvalue weighted by Crippen LogP contribution is -2.37. The number of aliphatic carboxylic acids is 2. The Balaban J connectivity index is 2.34. The van der Waals surface area contributed by atoms with Crippen molar-refractivity contribution in [3.8, 4) is 0 Å². The Hall–Kier alpha value is -3.14. The van der Waals surface area contributed by atoms with Gasteiger partial charge in [0, 0.05) is 0 Å². The van der Waals surface area contributed by atoms with Crippen molar-refractivity contribution < 1.29 is 19.8 Å². The number of hydrogen-bond acceptors (Lipinski definition) is 2. The molecule has 0 aromatic heterocycles. The number of carboxylic acid groups (broad SMARTS) is 2. The first kappa shape index (κ1) is 14.8. The maximum absolute atomic E-state index is 11.9. The maximum atomic E-state index is 11.9. The normalized spacial score (nSPS) is 15.7. The second-order valence-electron chi connectivity index (χ2n) is 5.27. The monoisotopic (exact) mass is 306 g/mol. The van der Waals surface area contributed by atoms with Gasteiger partial charge in [-0.1, -0.05) is 72.8 Å². The van der Waals surface area contributed by atoms with E-state index in [0.29, 0.717) is 11.1 Å². The van der Waals surface area contributed by atoms with Gasteiger partial charge in [-0.15, -0.1) is 0 Å². The number of carbonyl (C=O) groups is 2. The van der Waals surface area contributed by atoms with Crippen molar-refractivity contribution in [2.75, 3.05) is 0 Å². The highest BCUT2D eigenvalue weighted by Gasteiger charge is 2.51. The smallest absolute Gasteiger partial charge is 0.329 e. The number of benzene rings is 2. The topological polar surface area (TPSA) is 74.6 Å². The summed E-state index contributed by atoms with van der Waals surface area (Å²) >= 11 is 0. The molecule has 0 amide bonds. The largest absolute Gasteiger partial charge is 0.480 e. The van der Waals surface area contributed by atoms with E-state index >= 15 is 0 Å². The third-order valence-electron chi connectivity index (χ3n) is 3.99. The van der Waals surface area contributed by atoms with Crippen LogP contribution in [0.1, 0.15) is 11.1 Å². The van der Waals surface area contributed by atoms with Crippen LogP contribution >= 0.6 is 0 Å².